The fourth-order valence-corrected chi connectivity index (χ4v) is 3.99. The summed E-state index contributed by atoms with van der Waals surface area (Å²) in [7, 11) is 0. The standard InChI is InChI=1S/C13H17Cl2NOS/c1-7-4-3-5-10(8(7)2)16-13(17)9-6-11(14)18-12(9)15/h6-8,10H,3-5H2,1-2H3,(H,16,17). The second-order valence-corrected chi connectivity index (χ2v) is 7.37. The molecule has 0 spiro atoms. The minimum atomic E-state index is -0.103. The minimum absolute atomic E-state index is 0.103. The summed E-state index contributed by atoms with van der Waals surface area (Å²) in [4.78, 5) is 12.2. The van der Waals surface area contributed by atoms with Crippen LogP contribution in [0.25, 0.3) is 0 Å². The normalized spacial score (nSPS) is 28.1. The molecular weight excluding hydrogens is 289 g/mol. The van der Waals surface area contributed by atoms with Crippen molar-refractivity contribution in [1.82, 2.24) is 5.32 Å². The van der Waals surface area contributed by atoms with Crippen molar-refractivity contribution in [1.29, 1.82) is 0 Å². The topological polar surface area (TPSA) is 29.1 Å². The lowest BCUT2D eigenvalue weighted by atomic mass is 9.78. The van der Waals surface area contributed by atoms with Crippen LogP contribution in [0, 0.1) is 11.8 Å². The Hall–Kier alpha value is -0.250. The van der Waals surface area contributed by atoms with Crippen LogP contribution in [0.1, 0.15) is 43.5 Å². The van der Waals surface area contributed by atoms with Gasteiger partial charge in [-0.1, -0.05) is 49.9 Å². The van der Waals surface area contributed by atoms with E-state index < -0.39 is 0 Å². The third kappa shape index (κ3) is 3.01. The van der Waals surface area contributed by atoms with E-state index in [0.717, 1.165) is 6.42 Å². The number of amides is 1. The van der Waals surface area contributed by atoms with E-state index in [1.54, 1.807) is 6.07 Å². The molecule has 1 aliphatic carbocycles. The first-order chi connectivity index (χ1) is 8.49. The molecule has 1 amide bonds. The van der Waals surface area contributed by atoms with E-state index >= 15 is 0 Å². The van der Waals surface area contributed by atoms with Gasteiger partial charge in [0, 0.05) is 6.04 Å². The Morgan fingerprint density at radius 2 is 2.11 bits per heavy atom. The molecule has 1 saturated carbocycles. The molecule has 2 rings (SSSR count). The number of carbonyl (C=O) groups is 1. The summed E-state index contributed by atoms with van der Waals surface area (Å²) in [5.74, 6) is 1.07. The van der Waals surface area contributed by atoms with Crippen molar-refractivity contribution in [3.8, 4) is 0 Å². The maximum absolute atomic E-state index is 12.2. The first kappa shape index (κ1) is 14.2. The highest BCUT2D eigenvalue weighted by Crippen LogP contribution is 2.33. The van der Waals surface area contributed by atoms with Crippen molar-refractivity contribution >= 4 is 40.4 Å². The quantitative estimate of drug-likeness (QED) is 0.849. The van der Waals surface area contributed by atoms with E-state index in [4.69, 9.17) is 23.2 Å². The Kier molecular flexibility index (Phi) is 4.57. The fourth-order valence-electron chi connectivity index (χ4n) is 2.53. The molecule has 3 unspecified atom stereocenters. The molecule has 1 aromatic rings. The molecule has 1 aromatic heterocycles. The zero-order valence-electron chi connectivity index (χ0n) is 10.5. The maximum atomic E-state index is 12.2. The predicted octanol–water partition coefficient (Wildman–Crippen LogP) is 4.61. The second kappa shape index (κ2) is 5.81. The van der Waals surface area contributed by atoms with E-state index in [9.17, 15) is 4.79 Å². The number of hydrogen-bond acceptors (Lipinski definition) is 2. The smallest absolute Gasteiger partial charge is 0.253 e. The van der Waals surface area contributed by atoms with E-state index in [1.807, 2.05) is 0 Å². The van der Waals surface area contributed by atoms with Gasteiger partial charge in [0.25, 0.3) is 5.91 Å². The predicted molar refractivity (Wildman–Crippen MR) is 77.8 cm³/mol. The zero-order valence-corrected chi connectivity index (χ0v) is 12.8. The van der Waals surface area contributed by atoms with Crippen LogP contribution in [0.5, 0.6) is 0 Å². The van der Waals surface area contributed by atoms with Crippen LogP contribution >= 0.6 is 34.5 Å². The molecule has 1 aliphatic rings. The van der Waals surface area contributed by atoms with E-state index in [0.29, 0.717) is 26.1 Å². The van der Waals surface area contributed by atoms with Crippen LogP contribution in [0.15, 0.2) is 6.07 Å². The highest BCUT2D eigenvalue weighted by Gasteiger charge is 2.29. The van der Waals surface area contributed by atoms with Crippen LogP contribution in [0.2, 0.25) is 8.67 Å². The van der Waals surface area contributed by atoms with Crippen molar-refractivity contribution in [2.24, 2.45) is 11.8 Å². The highest BCUT2D eigenvalue weighted by atomic mass is 35.5. The van der Waals surface area contributed by atoms with Gasteiger partial charge >= 0.3 is 0 Å². The third-order valence-electron chi connectivity index (χ3n) is 3.92. The van der Waals surface area contributed by atoms with Crippen LogP contribution < -0.4 is 5.32 Å². The van der Waals surface area contributed by atoms with Crippen molar-refractivity contribution in [3.63, 3.8) is 0 Å². The van der Waals surface area contributed by atoms with Gasteiger partial charge in [-0.25, -0.2) is 0 Å². The summed E-state index contributed by atoms with van der Waals surface area (Å²) >= 11 is 13.1. The van der Waals surface area contributed by atoms with Crippen molar-refractivity contribution in [2.75, 3.05) is 0 Å². The lowest BCUT2D eigenvalue weighted by Crippen LogP contribution is -2.43. The van der Waals surface area contributed by atoms with Crippen molar-refractivity contribution in [3.05, 3.63) is 20.3 Å². The molecular formula is C13H17Cl2NOS. The molecule has 0 aromatic carbocycles. The van der Waals surface area contributed by atoms with Gasteiger partial charge in [-0.15, -0.1) is 11.3 Å². The van der Waals surface area contributed by atoms with Gasteiger partial charge < -0.3 is 5.32 Å². The first-order valence-corrected chi connectivity index (χ1v) is 7.82. The lowest BCUT2D eigenvalue weighted by Gasteiger charge is -2.34. The van der Waals surface area contributed by atoms with Gasteiger partial charge in [0.2, 0.25) is 0 Å². The maximum Gasteiger partial charge on any atom is 0.253 e. The minimum Gasteiger partial charge on any atom is -0.349 e. The molecule has 0 saturated heterocycles. The third-order valence-corrected chi connectivity index (χ3v) is 5.41. The molecule has 2 nitrogen and oxygen atoms in total. The fraction of sp³-hybridized carbons (Fsp3) is 0.615. The Morgan fingerprint density at radius 1 is 1.39 bits per heavy atom. The molecule has 100 valence electrons. The van der Waals surface area contributed by atoms with Gasteiger partial charge in [-0.05, 0) is 24.3 Å². The summed E-state index contributed by atoms with van der Waals surface area (Å²) in [5, 5.41) is 3.09. The number of hydrogen-bond donors (Lipinski definition) is 1. The number of carbonyl (C=O) groups excluding carboxylic acids is 1. The van der Waals surface area contributed by atoms with Crippen molar-refractivity contribution < 1.29 is 4.79 Å². The Balaban J connectivity index is 2.05. The van der Waals surface area contributed by atoms with E-state index in [1.165, 1.54) is 24.2 Å². The van der Waals surface area contributed by atoms with Gasteiger partial charge in [-0.3, -0.25) is 4.79 Å². The summed E-state index contributed by atoms with van der Waals surface area (Å²) in [6.07, 6.45) is 3.47. The van der Waals surface area contributed by atoms with Crippen LogP contribution in [0.4, 0.5) is 0 Å². The first-order valence-electron chi connectivity index (χ1n) is 6.24. The summed E-state index contributed by atoms with van der Waals surface area (Å²) in [6, 6.07) is 1.89. The zero-order chi connectivity index (χ0) is 13.3. The second-order valence-electron chi connectivity index (χ2n) is 5.09. The molecule has 5 heteroatoms. The van der Waals surface area contributed by atoms with Gasteiger partial charge in [-0.2, -0.15) is 0 Å². The number of thiophene rings is 1. The van der Waals surface area contributed by atoms with Gasteiger partial charge in [0.1, 0.15) is 4.34 Å². The summed E-state index contributed by atoms with van der Waals surface area (Å²) in [6.45, 7) is 4.45. The van der Waals surface area contributed by atoms with E-state index in [-0.39, 0.29) is 11.9 Å². The molecule has 18 heavy (non-hydrogen) atoms. The summed E-state index contributed by atoms with van der Waals surface area (Å²) in [5.41, 5.74) is 0.497. The average Bonchev–Trinajstić information content (AvgIpc) is 2.64. The Morgan fingerprint density at radius 3 is 2.72 bits per heavy atom. The molecule has 3 atom stereocenters. The van der Waals surface area contributed by atoms with Crippen LogP contribution in [-0.4, -0.2) is 11.9 Å². The largest absolute Gasteiger partial charge is 0.349 e. The molecule has 1 fully saturated rings. The lowest BCUT2D eigenvalue weighted by molar-refractivity contribution is 0.0891. The Bertz CT molecular complexity index is 446. The molecule has 1 N–H and O–H groups in total. The van der Waals surface area contributed by atoms with Crippen LogP contribution in [0.3, 0.4) is 0 Å². The Labute approximate surface area is 122 Å². The molecule has 0 bridgehead atoms. The average molecular weight is 306 g/mol. The van der Waals surface area contributed by atoms with Crippen LogP contribution in [-0.2, 0) is 0 Å². The summed E-state index contributed by atoms with van der Waals surface area (Å²) < 4.78 is 1.02. The van der Waals surface area contributed by atoms with Gasteiger partial charge in [0.05, 0.1) is 9.90 Å². The monoisotopic (exact) mass is 305 g/mol. The van der Waals surface area contributed by atoms with Gasteiger partial charge in [0.15, 0.2) is 0 Å². The SMILES string of the molecule is CC1CCCC(NC(=O)c2cc(Cl)sc2Cl)C1C. The number of rotatable bonds is 2. The molecule has 0 radical (unpaired) electrons. The highest BCUT2D eigenvalue weighted by molar-refractivity contribution is 7.20. The van der Waals surface area contributed by atoms with Crippen molar-refractivity contribution in [2.45, 2.75) is 39.2 Å². The molecule has 0 aliphatic heterocycles. The number of halogens is 2. The number of nitrogens with one attached hydrogen (secondary N) is 1. The molecule has 1 heterocycles. The van der Waals surface area contributed by atoms with E-state index in [2.05, 4.69) is 19.2 Å².